The summed E-state index contributed by atoms with van der Waals surface area (Å²) in [7, 11) is -3.91. The van der Waals surface area contributed by atoms with Crippen LogP contribution in [0.5, 0.6) is 0 Å². The van der Waals surface area contributed by atoms with Crippen molar-refractivity contribution >= 4 is 44.6 Å². The molecule has 2 N–H and O–H groups in total. The Hall–Kier alpha value is -2.89. The molecule has 1 aliphatic heterocycles. The Balaban J connectivity index is 1.63. The van der Waals surface area contributed by atoms with Gasteiger partial charge in [-0.3, -0.25) is 0 Å². The summed E-state index contributed by atoms with van der Waals surface area (Å²) < 4.78 is 33.2. The maximum atomic E-state index is 13.3. The van der Waals surface area contributed by atoms with E-state index in [2.05, 4.69) is 15.3 Å². The number of hydrogen-bond donors (Lipinski definition) is 2. The lowest BCUT2D eigenvalue weighted by Crippen LogP contribution is -2.53. The van der Waals surface area contributed by atoms with Crippen molar-refractivity contribution in [3.05, 3.63) is 47.4 Å². The fourth-order valence-electron chi connectivity index (χ4n) is 4.17. The Labute approximate surface area is 215 Å². The van der Waals surface area contributed by atoms with Crippen LogP contribution in [0.4, 0.5) is 10.6 Å². The summed E-state index contributed by atoms with van der Waals surface area (Å²) in [6.07, 6.45) is 2.12. The number of hydrogen-bond acceptors (Lipinski definition) is 8. The van der Waals surface area contributed by atoms with E-state index in [1.165, 1.54) is 11.1 Å². The Kier molecular flexibility index (Phi) is 7.18. The minimum atomic E-state index is -3.91. The predicted molar refractivity (Wildman–Crippen MR) is 137 cm³/mol. The number of amides is 1. The van der Waals surface area contributed by atoms with Crippen LogP contribution in [-0.2, 0) is 14.8 Å². The highest BCUT2D eigenvalue weighted by Gasteiger charge is 2.34. The summed E-state index contributed by atoms with van der Waals surface area (Å²) in [5.74, 6) is 0.361. The lowest BCUT2D eigenvalue weighted by molar-refractivity contribution is 0.000288. The molecule has 1 saturated heterocycles. The second-order valence-corrected chi connectivity index (χ2v) is 12.0. The van der Waals surface area contributed by atoms with Crippen LogP contribution in [0.15, 0.2) is 41.4 Å². The summed E-state index contributed by atoms with van der Waals surface area (Å²) in [5, 5.41) is 13.4. The number of fused-ring (bicyclic) bond motifs is 1. The predicted octanol–water partition coefficient (Wildman–Crippen LogP) is 3.80. The standard InChI is InChI=1S/C24H30ClN5O5S/c1-15-5-9-18(10-6-15)36(33,34)30-12-11-19-20(27-22(25)28-21(19)30)26-16-7-8-17(14-31)29(13-16)23(32)35-24(2,3)4/h5-6,9-12,16-17,31H,7-8,13-14H2,1-4H3,(H,26,27,28)/t16-,17-/m1/s1. The molecule has 3 aromatic rings. The van der Waals surface area contributed by atoms with E-state index >= 15 is 0 Å². The zero-order valence-electron chi connectivity index (χ0n) is 20.6. The van der Waals surface area contributed by atoms with Crippen LogP contribution < -0.4 is 5.32 Å². The number of benzene rings is 1. The van der Waals surface area contributed by atoms with Crippen LogP contribution in [0.2, 0.25) is 5.28 Å². The highest BCUT2D eigenvalue weighted by molar-refractivity contribution is 7.90. The minimum Gasteiger partial charge on any atom is -0.444 e. The van der Waals surface area contributed by atoms with Gasteiger partial charge in [0.1, 0.15) is 11.4 Å². The van der Waals surface area contributed by atoms with Crippen molar-refractivity contribution in [2.24, 2.45) is 0 Å². The number of aliphatic hydroxyl groups is 1. The quantitative estimate of drug-likeness (QED) is 0.472. The van der Waals surface area contributed by atoms with Gasteiger partial charge in [0.2, 0.25) is 5.28 Å². The van der Waals surface area contributed by atoms with E-state index in [-0.39, 0.29) is 41.1 Å². The molecular weight excluding hydrogens is 506 g/mol. The van der Waals surface area contributed by atoms with E-state index in [1.807, 2.05) is 6.92 Å². The van der Waals surface area contributed by atoms with Crippen molar-refractivity contribution in [3.63, 3.8) is 0 Å². The molecule has 0 spiro atoms. The van der Waals surface area contributed by atoms with Gasteiger partial charge in [0.15, 0.2) is 5.65 Å². The highest BCUT2D eigenvalue weighted by Crippen LogP contribution is 2.29. The zero-order chi connectivity index (χ0) is 26.3. The van der Waals surface area contributed by atoms with Gasteiger partial charge in [0.05, 0.1) is 22.9 Å². The number of aryl methyl sites for hydroxylation is 1. The first-order valence-corrected chi connectivity index (χ1v) is 13.4. The Bertz CT molecular complexity index is 1370. The van der Waals surface area contributed by atoms with Crippen molar-refractivity contribution in [1.82, 2.24) is 18.8 Å². The van der Waals surface area contributed by atoms with Crippen LogP contribution in [0.1, 0.15) is 39.2 Å². The van der Waals surface area contributed by atoms with Crippen molar-refractivity contribution in [2.45, 2.75) is 63.1 Å². The fraction of sp³-hybridized carbons (Fsp3) is 0.458. The number of aliphatic hydroxyl groups excluding tert-OH is 1. The number of carbonyl (C=O) groups excluding carboxylic acids is 1. The van der Waals surface area contributed by atoms with Gasteiger partial charge in [-0.25, -0.2) is 22.2 Å². The molecule has 0 radical (unpaired) electrons. The maximum absolute atomic E-state index is 13.3. The third-order valence-corrected chi connectivity index (χ3v) is 7.80. The molecule has 2 aromatic heterocycles. The normalized spacial score (nSPS) is 18.9. The largest absolute Gasteiger partial charge is 0.444 e. The second-order valence-electron chi connectivity index (χ2n) is 9.90. The number of likely N-dealkylation sites (tertiary alicyclic amines) is 1. The lowest BCUT2D eigenvalue weighted by atomic mass is 9.99. The van der Waals surface area contributed by atoms with Gasteiger partial charge in [-0.2, -0.15) is 4.98 Å². The van der Waals surface area contributed by atoms with Gasteiger partial charge in [0.25, 0.3) is 10.0 Å². The van der Waals surface area contributed by atoms with Gasteiger partial charge in [0, 0.05) is 18.8 Å². The number of nitrogens with zero attached hydrogens (tertiary/aromatic N) is 4. The number of carbonyl (C=O) groups is 1. The average molecular weight is 536 g/mol. The first kappa shape index (κ1) is 26.2. The van der Waals surface area contributed by atoms with E-state index in [0.717, 1.165) is 9.54 Å². The Morgan fingerprint density at radius 1 is 1.19 bits per heavy atom. The average Bonchev–Trinajstić information content (AvgIpc) is 3.23. The topological polar surface area (TPSA) is 127 Å². The van der Waals surface area contributed by atoms with Crippen molar-refractivity contribution in [2.75, 3.05) is 18.5 Å². The molecule has 10 nitrogen and oxygen atoms in total. The van der Waals surface area contributed by atoms with Crippen LogP contribution >= 0.6 is 11.6 Å². The van der Waals surface area contributed by atoms with E-state index in [1.54, 1.807) is 51.1 Å². The number of aromatic nitrogens is 3. The fourth-order valence-corrected chi connectivity index (χ4v) is 5.63. The Morgan fingerprint density at radius 3 is 2.53 bits per heavy atom. The first-order valence-electron chi connectivity index (χ1n) is 11.6. The smallest absolute Gasteiger partial charge is 0.410 e. The number of rotatable bonds is 5. The van der Waals surface area contributed by atoms with Gasteiger partial charge in [-0.1, -0.05) is 17.7 Å². The van der Waals surface area contributed by atoms with Gasteiger partial charge >= 0.3 is 6.09 Å². The molecule has 1 aromatic carbocycles. The van der Waals surface area contributed by atoms with Crippen LogP contribution in [0.3, 0.4) is 0 Å². The minimum absolute atomic E-state index is 0.114. The highest BCUT2D eigenvalue weighted by atomic mass is 35.5. The summed E-state index contributed by atoms with van der Waals surface area (Å²) in [5.41, 5.74) is 0.418. The van der Waals surface area contributed by atoms with Crippen molar-refractivity contribution < 1.29 is 23.1 Å². The number of anilines is 1. The molecule has 0 unspecified atom stereocenters. The molecular formula is C24H30ClN5O5S. The zero-order valence-corrected chi connectivity index (χ0v) is 22.2. The van der Waals surface area contributed by atoms with Gasteiger partial charge in [-0.15, -0.1) is 0 Å². The number of nitrogens with one attached hydrogen (secondary N) is 1. The summed E-state index contributed by atoms with van der Waals surface area (Å²) >= 11 is 6.20. The van der Waals surface area contributed by atoms with E-state index in [4.69, 9.17) is 16.3 Å². The van der Waals surface area contributed by atoms with Crippen LogP contribution in [0, 0.1) is 6.92 Å². The van der Waals surface area contributed by atoms with Crippen LogP contribution in [0.25, 0.3) is 11.0 Å². The molecule has 0 bridgehead atoms. The third-order valence-electron chi connectivity index (χ3n) is 5.95. The van der Waals surface area contributed by atoms with Crippen LogP contribution in [-0.4, -0.2) is 69.3 Å². The molecule has 1 aliphatic rings. The molecule has 12 heteroatoms. The molecule has 0 aliphatic carbocycles. The third kappa shape index (κ3) is 5.42. The molecule has 36 heavy (non-hydrogen) atoms. The van der Waals surface area contributed by atoms with E-state index in [9.17, 15) is 18.3 Å². The number of piperidine rings is 1. The Morgan fingerprint density at radius 2 is 1.89 bits per heavy atom. The molecule has 1 amide bonds. The summed E-state index contributed by atoms with van der Waals surface area (Å²) in [4.78, 5) is 22.9. The van der Waals surface area contributed by atoms with Crippen molar-refractivity contribution in [1.29, 1.82) is 0 Å². The summed E-state index contributed by atoms with van der Waals surface area (Å²) in [6, 6.07) is 7.58. The monoisotopic (exact) mass is 535 g/mol. The molecule has 194 valence electrons. The molecule has 1 fully saturated rings. The second kappa shape index (κ2) is 9.87. The van der Waals surface area contributed by atoms with E-state index < -0.39 is 21.7 Å². The van der Waals surface area contributed by atoms with Gasteiger partial charge < -0.3 is 20.1 Å². The molecule has 3 heterocycles. The van der Waals surface area contributed by atoms with Crippen molar-refractivity contribution in [3.8, 4) is 0 Å². The number of halogens is 1. The molecule has 2 atom stereocenters. The first-order chi connectivity index (χ1) is 16.9. The SMILES string of the molecule is Cc1ccc(S(=O)(=O)n2ccc3c(N[C@@H]4CC[C@H](CO)N(C(=O)OC(C)(C)C)C4)nc(Cl)nc32)cc1. The lowest BCUT2D eigenvalue weighted by Gasteiger charge is -2.39. The summed E-state index contributed by atoms with van der Waals surface area (Å²) in [6.45, 7) is 7.33. The molecule has 0 saturated carbocycles. The van der Waals surface area contributed by atoms with Gasteiger partial charge in [-0.05, 0) is 70.3 Å². The maximum Gasteiger partial charge on any atom is 0.410 e. The van der Waals surface area contributed by atoms with E-state index in [0.29, 0.717) is 24.0 Å². The number of ether oxygens (including phenoxy) is 1. The molecule has 4 rings (SSSR count).